The maximum absolute atomic E-state index is 13.0. The van der Waals surface area contributed by atoms with Crippen molar-refractivity contribution >= 4 is 40.6 Å². The first-order valence-corrected chi connectivity index (χ1v) is 9.28. The van der Waals surface area contributed by atoms with Crippen molar-refractivity contribution in [1.82, 2.24) is 19.6 Å². The highest BCUT2D eigenvalue weighted by atomic mass is 35.5. The zero-order chi connectivity index (χ0) is 22.9. The Hall–Kier alpha value is -3.12. The number of nitro groups is 1. The van der Waals surface area contributed by atoms with Gasteiger partial charge in [0, 0.05) is 27.9 Å². The molecule has 0 radical (unpaired) electrons. The molecule has 0 aliphatic heterocycles. The van der Waals surface area contributed by atoms with Gasteiger partial charge in [-0.15, -0.1) is 0 Å². The normalized spacial score (nSPS) is 11.5. The van der Waals surface area contributed by atoms with Gasteiger partial charge in [-0.3, -0.25) is 24.3 Å². The lowest BCUT2D eigenvalue weighted by molar-refractivity contribution is -0.388. The topological polar surface area (TPSA) is 108 Å². The molecule has 1 N–H and O–H groups in total. The summed E-state index contributed by atoms with van der Waals surface area (Å²) in [5.41, 5.74) is -2.64. The van der Waals surface area contributed by atoms with E-state index in [4.69, 9.17) is 23.2 Å². The average molecular weight is 477 g/mol. The van der Waals surface area contributed by atoms with E-state index in [1.165, 1.54) is 10.7 Å². The van der Waals surface area contributed by atoms with Crippen molar-refractivity contribution in [2.24, 2.45) is 0 Å². The number of halogens is 5. The Balaban J connectivity index is 1.73. The molecule has 0 aliphatic carbocycles. The number of hydrogen-bond acceptors (Lipinski definition) is 5. The maximum Gasteiger partial charge on any atom is 0.442 e. The van der Waals surface area contributed by atoms with Crippen molar-refractivity contribution in [2.75, 3.05) is 5.32 Å². The van der Waals surface area contributed by atoms with Crippen LogP contribution >= 0.6 is 23.2 Å². The number of aromatic nitrogens is 4. The molecule has 9 nitrogen and oxygen atoms in total. The minimum absolute atomic E-state index is 0.114. The third-order valence-electron chi connectivity index (χ3n) is 4.21. The van der Waals surface area contributed by atoms with Crippen LogP contribution in [0.3, 0.4) is 0 Å². The van der Waals surface area contributed by atoms with Gasteiger partial charge >= 0.3 is 11.9 Å². The molecule has 14 heteroatoms. The van der Waals surface area contributed by atoms with Crippen molar-refractivity contribution in [2.45, 2.75) is 26.2 Å². The van der Waals surface area contributed by atoms with Gasteiger partial charge in [0.1, 0.15) is 12.2 Å². The highest BCUT2D eigenvalue weighted by molar-refractivity contribution is 6.35. The summed E-state index contributed by atoms with van der Waals surface area (Å²) in [6.45, 7) is 0.620. The van der Waals surface area contributed by atoms with Gasteiger partial charge in [-0.05, 0) is 19.1 Å². The Morgan fingerprint density at radius 3 is 2.42 bits per heavy atom. The number of hydrogen-bond donors (Lipinski definition) is 1. The number of benzene rings is 1. The quantitative estimate of drug-likeness (QED) is 0.421. The Bertz CT molecular complexity index is 1140. The standard InChI is InChI=1S/C17H13Cl2F3N6O3/c1-9-15(28(30)31)16(17(20,21)22)25-27(9)8-14(29)23-13-5-6-26(24-13)7-10-11(18)3-2-4-12(10)19/h2-6H,7-8H2,1H3,(H,23,24,29). The van der Waals surface area contributed by atoms with Crippen LogP contribution in [0.5, 0.6) is 0 Å². The molecular formula is C17H13Cl2F3N6O3. The minimum atomic E-state index is -5.03. The molecule has 2 heterocycles. The molecule has 0 spiro atoms. The number of nitrogens with one attached hydrogen (secondary N) is 1. The number of alkyl halides is 3. The highest BCUT2D eigenvalue weighted by Gasteiger charge is 2.44. The molecule has 2 aromatic heterocycles. The maximum atomic E-state index is 13.0. The first-order chi connectivity index (χ1) is 14.5. The largest absolute Gasteiger partial charge is 0.442 e. The molecule has 0 saturated carbocycles. The zero-order valence-corrected chi connectivity index (χ0v) is 17.2. The summed E-state index contributed by atoms with van der Waals surface area (Å²) in [6.07, 6.45) is -3.49. The summed E-state index contributed by atoms with van der Waals surface area (Å²) < 4.78 is 41.1. The molecule has 0 atom stereocenters. The van der Waals surface area contributed by atoms with Gasteiger partial charge < -0.3 is 5.32 Å². The van der Waals surface area contributed by atoms with E-state index in [0.29, 0.717) is 20.3 Å². The van der Waals surface area contributed by atoms with Crippen molar-refractivity contribution in [3.8, 4) is 0 Å². The van der Waals surface area contributed by atoms with E-state index in [1.807, 2.05) is 0 Å². The lowest BCUT2D eigenvalue weighted by Crippen LogP contribution is -2.21. The number of nitrogens with zero attached hydrogens (tertiary/aromatic N) is 5. The summed E-state index contributed by atoms with van der Waals surface area (Å²) in [4.78, 5) is 22.1. The van der Waals surface area contributed by atoms with Gasteiger partial charge in [0.25, 0.3) is 0 Å². The molecule has 0 saturated heterocycles. The Morgan fingerprint density at radius 2 is 1.87 bits per heavy atom. The van der Waals surface area contributed by atoms with Gasteiger partial charge in [-0.1, -0.05) is 29.3 Å². The lowest BCUT2D eigenvalue weighted by Gasteiger charge is -2.07. The van der Waals surface area contributed by atoms with E-state index >= 15 is 0 Å². The van der Waals surface area contributed by atoms with E-state index in [0.717, 1.165) is 6.92 Å². The smallest absolute Gasteiger partial charge is 0.308 e. The van der Waals surface area contributed by atoms with Crippen LogP contribution in [0, 0.1) is 17.0 Å². The Morgan fingerprint density at radius 1 is 1.23 bits per heavy atom. The second-order valence-electron chi connectivity index (χ2n) is 6.34. The number of rotatable bonds is 6. The fraction of sp³-hybridized carbons (Fsp3) is 0.235. The number of carbonyl (C=O) groups excluding carboxylic acids is 1. The van der Waals surface area contributed by atoms with Gasteiger partial charge in [-0.25, -0.2) is 0 Å². The third kappa shape index (κ3) is 4.97. The van der Waals surface area contributed by atoms with E-state index in [1.54, 1.807) is 24.4 Å². The molecule has 0 aliphatic rings. The molecule has 3 aromatic rings. The van der Waals surface area contributed by atoms with Crippen LogP contribution in [-0.4, -0.2) is 30.4 Å². The first-order valence-electron chi connectivity index (χ1n) is 8.52. The Labute approximate surface area is 182 Å². The van der Waals surface area contributed by atoms with Crippen LogP contribution in [0.15, 0.2) is 30.5 Å². The molecule has 0 bridgehead atoms. The second kappa shape index (κ2) is 8.55. The Kier molecular flexibility index (Phi) is 6.23. The van der Waals surface area contributed by atoms with Crippen LogP contribution < -0.4 is 5.32 Å². The SMILES string of the molecule is Cc1c([N+](=O)[O-])c(C(F)(F)F)nn1CC(=O)Nc1ccn(Cc2c(Cl)cccc2Cl)n1. The predicted octanol–water partition coefficient (Wildman–Crippen LogP) is 4.31. The summed E-state index contributed by atoms with van der Waals surface area (Å²) in [7, 11) is 0. The van der Waals surface area contributed by atoms with Gasteiger partial charge in [0.2, 0.25) is 11.6 Å². The van der Waals surface area contributed by atoms with E-state index in [-0.39, 0.29) is 12.4 Å². The number of amides is 1. The van der Waals surface area contributed by atoms with Crippen molar-refractivity contribution in [3.63, 3.8) is 0 Å². The molecule has 0 fully saturated rings. The number of anilines is 1. The molecular weight excluding hydrogens is 464 g/mol. The summed E-state index contributed by atoms with van der Waals surface area (Å²) >= 11 is 12.2. The van der Waals surface area contributed by atoms with Crippen LogP contribution in [0.25, 0.3) is 0 Å². The van der Waals surface area contributed by atoms with Gasteiger partial charge in [0.15, 0.2) is 5.82 Å². The van der Waals surface area contributed by atoms with Crippen molar-refractivity contribution < 1.29 is 22.9 Å². The highest BCUT2D eigenvalue weighted by Crippen LogP contribution is 2.36. The van der Waals surface area contributed by atoms with Crippen molar-refractivity contribution in [1.29, 1.82) is 0 Å². The first kappa shape index (κ1) is 22.6. The zero-order valence-electron chi connectivity index (χ0n) is 15.7. The fourth-order valence-electron chi connectivity index (χ4n) is 2.78. The van der Waals surface area contributed by atoms with E-state index < -0.39 is 40.6 Å². The fourth-order valence-corrected chi connectivity index (χ4v) is 3.30. The molecule has 31 heavy (non-hydrogen) atoms. The second-order valence-corrected chi connectivity index (χ2v) is 7.16. The summed E-state index contributed by atoms with van der Waals surface area (Å²) in [5.74, 6) is -0.654. The third-order valence-corrected chi connectivity index (χ3v) is 4.92. The monoisotopic (exact) mass is 476 g/mol. The molecule has 1 amide bonds. The van der Waals surface area contributed by atoms with Gasteiger partial charge in [-0.2, -0.15) is 23.4 Å². The van der Waals surface area contributed by atoms with Crippen LogP contribution in [0.4, 0.5) is 24.7 Å². The summed E-state index contributed by atoms with van der Waals surface area (Å²) in [6, 6.07) is 6.47. The lowest BCUT2D eigenvalue weighted by atomic mass is 10.2. The van der Waals surface area contributed by atoms with E-state index in [9.17, 15) is 28.1 Å². The van der Waals surface area contributed by atoms with Crippen LogP contribution in [0.1, 0.15) is 17.0 Å². The molecule has 0 unspecified atom stereocenters. The predicted molar refractivity (Wildman–Crippen MR) is 105 cm³/mol. The van der Waals surface area contributed by atoms with Crippen LogP contribution in [-0.2, 0) is 24.1 Å². The number of carbonyl (C=O) groups is 1. The minimum Gasteiger partial charge on any atom is -0.308 e. The molecule has 1 aromatic carbocycles. The van der Waals surface area contributed by atoms with Crippen LogP contribution in [0.2, 0.25) is 10.0 Å². The summed E-state index contributed by atoms with van der Waals surface area (Å²) in [5, 5.41) is 21.6. The molecule has 3 rings (SSSR count). The average Bonchev–Trinajstić information content (AvgIpc) is 3.22. The van der Waals surface area contributed by atoms with E-state index in [2.05, 4.69) is 15.5 Å². The molecule has 164 valence electrons. The van der Waals surface area contributed by atoms with Crippen molar-refractivity contribution in [3.05, 3.63) is 67.6 Å². The van der Waals surface area contributed by atoms with Gasteiger partial charge in [0.05, 0.1) is 11.5 Å².